The van der Waals surface area contributed by atoms with E-state index in [2.05, 4.69) is 16.0 Å². The predicted octanol–water partition coefficient (Wildman–Crippen LogP) is 3.10. The lowest BCUT2D eigenvalue weighted by molar-refractivity contribution is -0.135. The number of nitrogens with one attached hydrogen (secondary N) is 3. The molecule has 0 saturated carbocycles. The molecule has 2 atom stereocenters. The Morgan fingerprint density at radius 1 is 0.963 bits per heavy atom. The molecule has 1 saturated heterocycles. The van der Waals surface area contributed by atoms with Gasteiger partial charge >= 0.3 is 0 Å². The van der Waals surface area contributed by atoms with Crippen molar-refractivity contribution in [1.29, 1.82) is 0 Å². The first-order valence-corrected chi connectivity index (χ1v) is 9.01. The van der Waals surface area contributed by atoms with Gasteiger partial charge in [-0.25, -0.2) is 0 Å². The standard InChI is InChI=1S/C21H23N3O3/c1-13(2)12-17-19(25)18(21(27)24-17)20(26)23-16-10-8-15(9-11-16)22-14-6-4-3-5-7-14/h3-11,13,17-18,22H,12H2,1-2H3,(H,23,26)(H,24,27). The van der Waals surface area contributed by atoms with Crippen LogP contribution in [0.4, 0.5) is 17.1 Å². The Hall–Kier alpha value is -3.15. The maximum Gasteiger partial charge on any atom is 0.244 e. The van der Waals surface area contributed by atoms with Crippen LogP contribution in [-0.2, 0) is 14.4 Å². The van der Waals surface area contributed by atoms with Gasteiger partial charge in [0.2, 0.25) is 11.8 Å². The second kappa shape index (κ2) is 8.03. The average Bonchev–Trinajstić information content (AvgIpc) is 2.90. The van der Waals surface area contributed by atoms with E-state index in [0.29, 0.717) is 12.1 Å². The molecule has 6 nitrogen and oxygen atoms in total. The first-order valence-electron chi connectivity index (χ1n) is 9.01. The van der Waals surface area contributed by atoms with Gasteiger partial charge in [0, 0.05) is 17.1 Å². The Morgan fingerprint density at radius 2 is 1.56 bits per heavy atom. The van der Waals surface area contributed by atoms with Crippen LogP contribution in [0.15, 0.2) is 54.6 Å². The minimum Gasteiger partial charge on any atom is -0.356 e. The van der Waals surface area contributed by atoms with Crippen LogP contribution >= 0.6 is 0 Å². The van der Waals surface area contributed by atoms with Gasteiger partial charge in [0.1, 0.15) is 0 Å². The molecule has 140 valence electrons. The fourth-order valence-corrected chi connectivity index (χ4v) is 3.09. The first-order chi connectivity index (χ1) is 12.9. The molecule has 1 heterocycles. The summed E-state index contributed by atoms with van der Waals surface area (Å²) in [6, 6.07) is 16.2. The Labute approximate surface area is 158 Å². The topological polar surface area (TPSA) is 87.3 Å². The number of hydrogen-bond acceptors (Lipinski definition) is 4. The molecule has 0 aromatic heterocycles. The number of carbonyl (C=O) groups is 3. The summed E-state index contributed by atoms with van der Waals surface area (Å²) in [6.45, 7) is 3.94. The normalized spacial score (nSPS) is 19.1. The number of Topliss-reactive ketones (excluding diaryl/α,β-unsaturated/α-hetero) is 1. The van der Waals surface area contributed by atoms with Crippen LogP contribution in [0.2, 0.25) is 0 Å². The quantitative estimate of drug-likeness (QED) is 0.687. The zero-order valence-electron chi connectivity index (χ0n) is 15.4. The first kappa shape index (κ1) is 18.6. The second-order valence-electron chi connectivity index (χ2n) is 7.08. The Kier molecular flexibility index (Phi) is 5.54. The second-order valence-corrected chi connectivity index (χ2v) is 7.08. The van der Waals surface area contributed by atoms with Crippen molar-refractivity contribution in [3.63, 3.8) is 0 Å². The van der Waals surface area contributed by atoms with Crippen LogP contribution in [0.1, 0.15) is 20.3 Å². The van der Waals surface area contributed by atoms with Gasteiger partial charge in [0.25, 0.3) is 0 Å². The molecular weight excluding hydrogens is 342 g/mol. The van der Waals surface area contributed by atoms with E-state index >= 15 is 0 Å². The molecule has 3 N–H and O–H groups in total. The van der Waals surface area contributed by atoms with E-state index in [9.17, 15) is 14.4 Å². The van der Waals surface area contributed by atoms with Crippen molar-refractivity contribution in [2.24, 2.45) is 11.8 Å². The number of para-hydroxylation sites is 1. The number of anilines is 3. The summed E-state index contributed by atoms with van der Waals surface area (Å²) in [7, 11) is 0. The van der Waals surface area contributed by atoms with Crippen LogP contribution in [0.25, 0.3) is 0 Å². The summed E-state index contributed by atoms with van der Waals surface area (Å²) in [5, 5.41) is 8.54. The van der Waals surface area contributed by atoms with Crippen molar-refractivity contribution in [3.8, 4) is 0 Å². The Bertz CT molecular complexity index is 832. The van der Waals surface area contributed by atoms with Gasteiger partial charge in [-0.3, -0.25) is 14.4 Å². The van der Waals surface area contributed by atoms with Crippen molar-refractivity contribution in [2.45, 2.75) is 26.3 Å². The number of rotatable bonds is 6. The summed E-state index contributed by atoms with van der Waals surface area (Å²) in [6.07, 6.45) is 0.536. The molecule has 1 fully saturated rings. The highest BCUT2D eigenvalue weighted by molar-refractivity contribution is 6.26. The van der Waals surface area contributed by atoms with Crippen molar-refractivity contribution in [1.82, 2.24) is 5.32 Å². The maximum absolute atomic E-state index is 12.4. The van der Waals surface area contributed by atoms with Crippen molar-refractivity contribution in [3.05, 3.63) is 54.6 Å². The molecule has 0 aliphatic carbocycles. The summed E-state index contributed by atoms with van der Waals surface area (Å²) in [5.74, 6) is -2.49. The van der Waals surface area contributed by atoms with Crippen LogP contribution in [0.3, 0.4) is 0 Å². The summed E-state index contributed by atoms with van der Waals surface area (Å²) in [4.78, 5) is 36.9. The minimum absolute atomic E-state index is 0.255. The number of benzene rings is 2. The van der Waals surface area contributed by atoms with Gasteiger partial charge in [-0.2, -0.15) is 0 Å². The molecule has 0 radical (unpaired) electrons. The molecule has 0 spiro atoms. The smallest absolute Gasteiger partial charge is 0.244 e. The number of amides is 2. The fourth-order valence-electron chi connectivity index (χ4n) is 3.09. The molecule has 3 rings (SSSR count). The lowest BCUT2D eigenvalue weighted by Gasteiger charge is -2.12. The molecule has 27 heavy (non-hydrogen) atoms. The lowest BCUT2D eigenvalue weighted by atomic mass is 9.96. The van der Waals surface area contributed by atoms with Gasteiger partial charge in [-0.05, 0) is 48.7 Å². The third kappa shape index (κ3) is 4.53. The molecular formula is C21H23N3O3. The molecule has 2 amide bonds. The monoisotopic (exact) mass is 365 g/mol. The van der Waals surface area contributed by atoms with Crippen molar-refractivity contribution < 1.29 is 14.4 Å². The Morgan fingerprint density at radius 3 is 2.19 bits per heavy atom. The highest BCUT2D eigenvalue weighted by Gasteiger charge is 2.45. The SMILES string of the molecule is CC(C)CC1NC(=O)C(C(=O)Nc2ccc(Nc3ccccc3)cc2)C1=O. The van der Waals surface area contributed by atoms with Crippen LogP contribution in [0, 0.1) is 11.8 Å². The van der Waals surface area contributed by atoms with Crippen molar-refractivity contribution in [2.75, 3.05) is 10.6 Å². The van der Waals surface area contributed by atoms with Crippen LogP contribution < -0.4 is 16.0 Å². The van der Waals surface area contributed by atoms with Crippen molar-refractivity contribution >= 4 is 34.7 Å². The van der Waals surface area contributed by atoms with Gasteiger partial charge < -0.3 is 16.0 Å². The van der Waals surface area contributed by atoms with E-state index in [1.165, 1.54) is 0 Å². The van der Waals surface area contributed by atoms with Crippen LogP contribution in [0.5, 0.6) is 0 Å². The summed E-state index contributed by atoms with van der Waals surface area (Å²) >= 11 is 0. The third-order valence-electron chi connectivity index (χ3n) is 4.39. The Balaban J connectivity index is 1.62. The summed E-state index contributed by atoms with van der Waals surface area (Å²) < 4.78 is 0. The van der Waals surface area contributed by atoms with Gasteiger partial charge in [-0.15, -0.1) is 0 Å². The molecule has 2 aromatic carbocycles. The highest BCUT2D eigenvalue weighted by Crippen LogP contribution is 2.21. The summed E-state index contributed by atoms with van der Waals surface area (Å²) in [5.41, 5.74) is 2.36. The van der Waals surface area contributed by atoms with Crippen LogP contribution in [-0.4, -0.2) is 23.6 Å². The zero-order chi connectivity index (χ0) is 19.4. The van der Waals surface area contributed by atoms with E-state index in [1.54, 1.807) is 12.1 Å². The lowest BCUT2D eigenvalue weighted by Crippen LogP contribution is -2.33. The molecule has 0 bridgehead atoms. The largest absolute Gasteiger partial charge is 0.356 e. The highest BCUT2D eigenvalue weighted by atomic mass is 16.2. The molecule has 1 aliphatic rings. The van der Waals surface area contributed by atoms with Gasteiger partial charge in [0.15, 0.2) is 11.7 Å². The zero-order valence-corrected chi connectivity index (χ0v) is 15.4. The van der Waals surface area contributed by atoms with E-state index < -0.39 is 23.8 Å². The predicted molar refractivity (Wildman–Crippen MR) is 105 cm³/mol. The fraction of sp³-hybridized carbons (Fsp3) is 0.286. The van der Waals surface area contributed by atoms with Gasteiger partial charge in [-0.1, -0.05) is 32.0 Å². The van der Waals surface area contributed by atoms with E-state index in [0.717, 1.165) is 11.4 Å². The number of carbonyl (C=O) groups excluding carboxylic acids is 3. The number of ketones is 1. The maximum atomic E-state index is 12.4. The molecule has 2 unspecified atom stereocenters. The molecule has 2 aromatic rings. The molecule has 6 heteroatoms. The van der Waals surface area contributed by atoms with E-state index in [1.807, 2.05) is 56.3 Å². The van der Waals surface area contributed by atoms with E-state index in [4.69, 9.17) is 0 Å². The minimum atomic E-state index is -1.28. The third-order valence-corrected chi connectivity index (χ3v) is 4.39. The van der Waals surface area contributed by atoms with E-state index in [-0.39, 0.29) is 11.7 Å². The van der Waals surface area contributed by atoms with Gasteiger partial charge in [0.05, 0.1) is 6.04 Å². The average molecular weight is 365 g/mol. The molecule has 1 aliphatic heterocycles. The number of hydrogen-bond donors (Lipinski definition) is 3.